The van der Waals surface area contributed by atoms with Crippen molar-refractivity contribution in [1.29, 1.82) is 0 Å². The van der Waals surface area contributed by atoms with Crippen LogP contribution in [0.15, 0.2) is 52.7 Å². The Bertz CT molecular complexity index is 1130. The van der Waals surface area contributed by atoms with E-state index in [1.165, 1.54) is 8.96 Å². The number of aryl methyl sites for hydroxylation is 2. The lowest BCUT2D eigenvalue weighted by Crippen LogP contribution is -2.51. The number of hydrogen-bond acceptors (Lipinski definition) is 2. The quantitative estimate of drug-likeness (QED) is 0.394. The lowest BCUT2D eigenvalue weighted by Gasteiger charge is -2.34. The zero-order valence-electron chi connectivity index (χ0n) is 15.5. The highest BCUT2D eigenvalue weighted by Gasteiger charge is 2.55. The third-order valence-electron chi connectivity index (χ3n) is 5.27. The molecule has 0 aliphatic carbocycles. The van der Waals surface area contributed by atoms with Crippen LogP contribution in [0.1, 0.15) is 36.4 Å². The van der Waals surface area contributed by atoms with E-state index in [9.17, 15) is 0 Å². The number of nitrogens with zero attached hydrogens (tertiary/aromatic N) is 3. The van der Waals surface area contributed by atoms with Crippen molar-refractivity contribution in [3.8, 4) is 0 Å². The molecule has 0 amide bonds. The van der Waals surface area contributed by atoms with E-state index in [-0.39, 0.29) is 0 Å². The number of allylic oxidation sites excluding steroid dienone is 2. The van der Waals surface area contributed by atoms with Gasteiger partial charge in [0.2, 0.25) is 0 Å². The van der Waals surface area contributed by atoms with Gasteiger partial charge in [-0.3, -0.25) is 0 Å². The van der Waals surface area contributed by atoms with Gasteiger partial charge < -0.3 is 17.6 Å². The van der Waals surface area contributed by atoms with Gasteiger partial charge in [-0.25, -0.2) is 0 Å². The highest BCUT2D eigenvalue weighted by molar-refractivity contribution is 7.78. The van der Waals surface area contributed by atoms with Crippen molar-refractivity contribution in [1.82, 2.24) is 4.48 Å². The van der Waals surface area contributed by atoms with Crippen LogP contribution in [0.4, 0.5) is 14.3 Å². The summed E-state index contributed by atoms with van der Waals surface area (Å²) in [5, 5.41) is 2.35. The highest BCUT2D eigenvalue weighted by Crippen LogP contribution is 2.44. The predicted octanol–water partition coefficient (Wildman–Crippen LogP) is 5.27. The fourth-order valence-corrected chi connectivity index (χ4v) is 4.43. The van der Waals surface area contributed by atoms with E-state index in [2.05, 4.69) is 22.4 Å². The van der Waals surface area contributed by atoms with Crippen LogP contribution < -0.4 is 0 Å². The average Bonchev–Trinajstić information content (AvgIpc) is 3.07. The fourth-order valence-electron chi connectivity index (χ4n) is 4.33. The van der Waals surface area contributed by atoms with Gasteiger partial charge in [0.1, 0.15) is 5.71 Å². The van der Waals surface area contributed by atoms with Crippen molar-refractivity contribution in [3.63, 3.8) is 0 Å². The lowest BCUT2D eigenvalue weighted by atomic mass is 9.84. The van der Waals surface area contributed by atoms with Crippen LogP contribution in [0.25, 0.3) is 5.57 Å². The van der Waals surface area contributed by atoms with E-state index in [1.807, 2.05) is 50.3 Å². The van der Waals surface area contributed by atoms with Crippen molar-refractivity contribution in [3.05, 3.63) is 70.2 Å². The van der Waals surface area contributed by atoms with Crippen molar-refractivity contribution in [2.24, 2.45) is 4.99 Å². The Morgan fingerprint density at radius 2 is 1.78 bits per heavy atom. The van der Waals surface area contributed by atoms with Crippen LogP contribution >= 0.6 is 12.2 Å². The predicted molar refractivity (Wildman–Crippen MR) is 109 cm³/mol. The Kier molecular flexibility index (Phi) is 3.91. The monoisotopic (exact) mass is 381 g/mol. The Morgan fingerprint density at radius 1 is 1.11 bits per heavy atom. The van der Waals surface area contributed by atoms with E-state index < -0.39 is 6.97 Å². The Hall–Kier alpha value is -2.63. The molecule has 7 heteroatoms. The van der Waals surface area contributed by atoms with Crippen molar-refractivity contribution in [2.45, 2.75) is 27.7 Å². The topological polar surface area (TPSA) is 20.3 Å². The first-order chi connectivity index (χ1) is 12.8. The summed E-state index contributed by atoms with van der Waals surface area (Å²) in [5.41, 5.74) is 6.34. The number of benzene rings is 1. The maximum absolute atomic E-state index is 15.5. The number of isothiocyanates is 1. The molecule has 27 heavy (non-hydrogen) atoms. The summed E-state index contributed by atoms with van der Waals surface area (Å²) in [7, 11) is 0. The molecule has 136 valence electrons. The summed E-state index contributed by atoms with van der Waals surface area (Å²) in [5.74, 6) is 0. The lowest BCUT2D eigenvalue weighted by molar-refractivity contribution is -0.363. The van der Waals surface area contributed by atoms with Gasteiger partial charge in [0.15, 0.2) is 5.70 Å². The molecule has 2 aromatic rings. The second-order valence-corrected chi connectivity index (χ2v) is 7.27. The molecule has 0 bridgehead atoms. The molecule has 0 fully saturated rings. The second kappa shape index (κ2) is 5.94. The number of fused-ring (bicyclic) bond motifs is 2. The van der Waals surface area contributed by atoms with Gasteiger partial charge in [0.05, 0.1) is 16.4 Å². The number of aliphatic imine (C=N–C) groups is 1. The minimum atomic E-state index is -3.95. The van der Waals surface area contributed by atoms with Crippen LogP contribution in [-0.2, 0) is 0 Å². The van der Waals surface area contributed by atoms with Crippen molar-refractivity contribution < 1.29 is 13.1 Å². The summed E-state index contributed by atoms with van der Waals surface area (Å²) in [6.07, 6.45) is 1.83. The standard InChI is InChI=1S/C20H18BF2N3S/c1-12-9-14(3)25-19(12)18(16-5-7-17(8-6-16)24-11-27)20-13(2)10-15(4)26(20)21(25,22)23/h5-10H,1-4H3. The summed E-state index contributed by atoms with van der Waals surface area (Å²) in [6.45, 7) is 3.29. The minimum absolute atomic E-state index is 0.559. The average molecular weight is 381 g/mol. The molecule has 1 aromatic heterocycles. The van der Waals surface area contributed by atoms with E-state index in [4.69, 9.17) is 0 Å². The second-order valence-electron chi connectivity index (χ2n) is 7.09. The first-order valence-electron chi connectivity index (χ1n) is 8.72. The van der Waals surface area contributed by atoms with Crippen LogP contribution in [0.5, 0.6) is 0 Å². The van der Waals surface area contributed by atoms with Crippen molar-refractivity contribution in [2.75, 3.05) is 0 Å². The molecular weight excluding hydrogens is 363 g/mol. The maximum atomic E-state index is 15.5. The van der Waals surface area contributed by atoms with Crippen molar-refractivity contribution >= 4 is 41.3 Å². The molecule has 2 aliphatic rings. The van der Waals surface area contributed by atoms with Gasteiger partial charge in [-0.2, -0.15) is 4.99 Å². The first-order valence-corrected chi connectivity index (χ1v) is 9.13. The van der Waals surface area contributed by atoms with Gasteiger partial charge >= 0.3 is 6.97 Å². The summed E-state index contributed by atoms with van der Waals surface area (Å²) < 4.78 is 33.5. The highest BCUT2D eigenvalue weighted by atomic mass is 32.1. The van der Waals surface area contributed by atoms with Crippen LogP contribution in [0, 0.1) is 13.8 Å². The van der Waals surface area contributed by atoms with Gasteiger partial charge in [0, 0.05) is 24.3 Å². The summed E-state index contributed by atoms with van der Waals surface area (Å²) in [4.78, 5) is 3.98. The largest absolute Gasteiger partial charge is 0.737 e. The summed E-state index contributed by atoms with van der Waals surface area (Å²) >= 11 is 4.65. The van der Waals surface area contributed by atoms with E-state index in [1.54, 1.807) is 13.8 Å². The molecule has 3 heterocycles. The number of thiocarbonyl (C=S) groups is 1. The molecule has 4 rings (SSSR count). The number of aromatic nitrogens is 1. The fraction of sp³-hybridized carbons (Fsp3) is 0.200. The van der Waals surface area contributed by atoms with Gasteiger partial charge in [0.25, 0.3) is 0 Å². The molecular formula is C20H18BF2N3S. The van der Waals surface area contributed by atoms with E-state index >= 15 is 8.63 Å². The molecule has 0 saturated heterocycles. The number of hydrogen-bond donors (Lipinski definition) is 0. The molecule has 0 atom stereocenters. The van der Waals surface area contributed by atoms with Crippen LogP contribution in [-0.4, -0.2) is 26.8 Å². The van der Waals surface area contributed by atoms with E-state index in [0.717, 1.165) is 22.3 Å². The van der Waals surface area contributed by atoms with E-state index in [0.29, 0.717) is 28.5 Å². The molecule has 0 spiro atoms. The van der Waals surface area contributed by atoms with Crippen LogP contribution in [0.3, 0.4) is 0 Å². The Balaban J connectivity index is 2.10. The molecule has 0 N–H and O–H groups in total. The molecule has 2 aliphatic heterocycles. The first kappa shape index (κ1) is 17.8. The minimum Gasteiger partial charge on any atom is -0.393 e. The third-order valence-corrected chi connectivity index (χ3v) is 5.36. The Labute approximate surface area is 162 Å². The molecule has 3 nitrogen and oxygen atoms in total. The van der Waals surface area contributed by atoms with Gasteiger partial charge in [-0.1, -0.05) is 12.1 Å². The Morgan fingerprint density at radius 3 is 2.41 bits per heavy atom. The molecule has 1 aromatic carbocycles. The molecule has 0 saturated carbocycles. The maximum Gasteiger partial charge on any atom is 0.737 e. The van der Waals surface area contributed by atoms with Gasteiger partial charge in [-0.15, -0.1) is 0 Å². The van der Waals surface area contributed by atoms with Gasteiger partial charge in [-0.05, 0) is 68.0 Å². The smallest absolute Gasteiger partial charge is 0.393 e. The number of rotatable bonds is 2. The van der Waals surface area contributed by atoms with Crippen LogP contribution in [0.2, 0.25) is 0 Å². The zero-order chi connectivity index (χ0) is 19.5. The molecule has 0 unspecified atom stereocenters. The number of halogens is 2. The third kappa shape index (κ3) is 2.42. The summed E-state index contributed by atoms with van der Waals surface area (Å²) in [6, 6.07) is 9.27. The zero-order valence-corrected chi connectivity index (χ0v) is 16.4. The molecule has 0 radical (unpaired) electrons. The SMILES string of the molecule is CC1=CC(C)=[N+]2C1=C(c1ccc(N=C=S)cc1)c1c(C)cc(C)n1[B-]2(F)F. The normalized spacial score (nSPS) is 17.5.